The molecule has 2 aromatic carbocycles. The van der Waals surface area contributed by atoms with Crippen molar-refractivity contribution in [3.05, 3.63) is 77.5 Å². The van der Waals surface area contributed by atoms with Crippen LogP contribution in [0.4, 0.5) is 0 Å². The number of benzene rings is 2. The van der Waals surface area contributed by atoms with Crippen molar-refractivity contribution in [2.45, 2.75) is 20.8 Å². The Morgan fingerprint density at radius 1 is 0.909 bits per heavy atom. The van der Waals surface area contributed by atoms with E-state index in [-0.39, 0.29) is 20.1 Å². The molecule has 1 aromatic heterocycles. The molecule has 2 heteroatoms. The molecule has 0 aliphatic heterocycles. The van der Waals surface area contributed by atoms with Gasteiger partial charge in [-0.2, -0.15) is 0 Å². The van der Waals surface area contributed by atoms with Gasteiger partial charge in [0.25, 0.3) is 0 Å². The second-order valence-corrected chi connectivity index (χ2v) is 5.48. The summed E-state index contributed by atoms with van der Waals surface area (Å²) in [5.74, 6) is 0. The van der Waals surface area contributed by atoms with Gasteiger partial charge in [-0.25, -0.2) is 0 Å². The fourth-order valence-corrected chi connectivity index (χ4v) is 2.92. The Labute approximate surface area is 145 Å². The number of aryl methyl sites for hydroxylation is 3. The van der Waals surface area contributed by atoms with Crippen molar-refractivity contribution in [2.75, 3.05) is 0 Å². The van der Waals surface area contributed by atoms with Gasteiger partial charge >= 0.3 is 0 Å². The molecule has 1 heterocycles. The molecule has 0 amide bonds. The van der Waals surface area contributed by atoms with Gasteiger partial charge in [-0.1, -0.05) is 23.8 Å². The second-order valence-electron chi connectivity index (χ2n) is 5.48. The van der Waals surface area contributed by atoms with Gasteiger partial charge in [-0.15, -0.1) is 35.9 Å². The maximum atomic E-state index is 4.48. The molecule has 0 atom stereocenters. The average molecular weight is 465 g/mol. The molecule has 22 heavy (non-hydrogen) atoms. The third kappa shape index (κ3) is 3.35. The van der Waals surface area contributed by atoms with Gasteiger partial charge in [0.15, 0.2) is 0 Å². The largest absolute Gasteiger partial charge is 0.305 e. The van der Waals surface area contributed by atoms with Gasteiger partial charge in [0.1, 0.15) is 0 Å². The van der Waals surface area contributed by atoms with Gasteiger partial charge in [0.05, 0.1) is 0 Å². The monoisotopic (exact) mass is 465 g/mol. The fourth-order valence-electron chi connectivity index (χ4n) is 2.92. The summed E-state index contributed by atoms with van der Waals surface area (Å²) in [4.78, 5) is 4.48. The molecule has 0 N–H and O–H groups in total. The summed E-state index contributed by atoms with van der Waals surface area (Å²) >= 11 is 0. The second kappa shape index (κ2) is 7.00. The summed E-state index contributed by atoms with van der Waals surface area (Å²) in [6.45, 7) is 6.48. The van der Waals surface area contributed by atoms with Crippen LogP contribution in [0.5, 0.6) is 0 Å². The topological polar surface area (TPSA) is 12.9 Å². The zero-order chi connectivity index (χ0) is 14.8. The normalized spacial score (nSPS) is 10.1. The number of pyridine rings is 1. The molecule has 0 fully saturated rings. The first kappa shape index (κ1) is 16.6. The number of nitrogens with zero attached hydrogens (tertiary/aromatic N) is 1. The Morgan fingerprint density at radius 2 is 1.64 bits per heavy atom. The number of rotatable bonds is 2. The van der Waals surface area contributed by atoms with E-state index < -0.39 is 0 Å². The van der Waals surface area contributed by atoms with Crippen molar-refractivity contribution in [3.8, 4) is 22.4 Å². The smallest absolute Gasteiger partial charge is 0.0166 e. The standard InChI is InChI=1S/C20H18N.Ir/c1-14-11-15(2)20(16(3)12-14)18-9-10-21-19(13-18)17-7-5-4-6-8-17;/h4-7,9-13H,1-3H3;/q-1;. The maximum absolute atomic E-state index is 4.48. The van der Waals surface area contributed by atoms with E-state index in [4.69, 9.17) is 0 Å². The van der Waals surface area contributed by atoms with E-state index in [9.17, 15) is 0 Å². The zero-order valence-corrected chi connectivity index (χ0v) is 15.4. The van der Waals surface area contributed by atoms with Gasteiger partial charge in [-0.3, -0.25) is 0 Å². The summed E-state index contributed by atoms with van der Waals surface area (Å²) in [6.07, 6.45) is 1.88. The van der Waals surface area contributed by atoms with Crippen molar-refractivity contribution in [3.63, 3.8) is 0 Å². The molecule has 0 aliphatic rings. The van der Waals surface area contributed by atoms with Crippen LogP contribution in [0.1, 0.15) is 16.7 Å². The molecule has 0 bridgehead atoms. The van der Waals surface area contributed by atoms with E-state index in [0.717, 1.165) is 11.3 Å². The van der Waals surface area contributed by atoms with Crippen LogP contribution in [0.2, 0.25) is 0 Å². The van der Waals surface area contributed by atoms with Crippen LogP contribution in [0, 0.1) is 26.8 Å². The third-order valence-electron chi connectivity index (χ3n) is 3.71. The summed E-state index contributed by atoms with van der Waals surface area (Å²) in [7, 11) is 0. The van der Waals surface area contributed by atoms with Crippen LogP contribution >= 0.6 is 0 Å². The first-order valence-corrected chi connectivity index (χ1v) is 7.16. The molecule has 0 spiro atoms. The average Bonchev–Trinajstić information content (AvgIpc) is 2.47. The summed E-state index contributed by atoms with van der Waals surface area (Å²) in [5.41, 5.74) is 8.43. The van der Waals surface area contributed by atoms with Crippen molar-refractivity contribution < 1.29 is 20.1 Å². The third-order valence-corrected chi connectivity index (χ3v) is 3.71. The minimum atomic E-state index is 0. The SMILES string of the molecule is Cc1cc(C)c(-c2ccnc(-c3[c-]cccc3)c2)c(C)c1.[Ir]. The summed E-state index contributed by atoms with van der Waals surface area (Å²) in [6, 6.07) is 19.9. The zero-order valence-electron chi connectivity index (χ0n) is 13.0. The van der Waals surface area contributed by atoms with Crippen LogP contribution in [-0.2, 0) is 20.1 Å². The van der Waals surface area contributed by atoms with Gasteiger partial charge in [0.2, 0.25) is 0 Å². The number of hydrogen-bond donors (Lipinski definition) is 0. The minimum Gasteiger partial charge on any atom is -0.305 e. The van der Waals surface area contributed by atoms with Crippen molar-refractivity contribution >= 4 is 0 Å². The predicted octanol–water partition coefficient (Wildman–Crippen LogP) is 5.14. The molecule has 0 aliphatic carbocycles. The van der Waals surface area contributed by atoms with E-state index in [2.05, 4.69) is 56.1 Å². The summed E-state index contributed by atoms with van der Waals surface area (Å²) < 4.78 is 0. The molecule has 0 unspecified atom stereocenters. The van der Waals surface area contributed by atoms with Crippen LogP contribution in [0.15, 0.2) is 54.7 Å². The van der Waals surface area contributed by atoms with Gasteiger partial charge in [-0.05, 0) is 54.8 Å². The Bertz CT molecular complexity index is 756. The molecular formula is C20H18IrN-. The van der Waals surface area contributed by atoms with Crippen LogP contribution in [0.3, 0.4) is 0 Å². The Kier molecular flexibility index (Phi) is 5.28. The Hall–Kier alpha value is -1.76. The molecule has 3 aromatic rings. The van der Waals surface area contributed by atoms with E-state index >= 15 is 0 Å². The molecule has 3 rings (SSSR count). The molecular weight excluding hydrogens is 446 g/mol. The molecule has 1 nitrogen and oxygen atoms in total. The van der Waals surface area contributed by atoms with E-state index in [1.807, 2.05) is 30.5 Å². The molecule has 113 valence electrons. The van der Waals surface area contributed by atoms with Crippen molar-refractivity contribution in [1.29, 1.82) is 0 Å². The van der Waals surface area contributed by atoms with Crippen molar-refractivity contribution in [1.82, 2.24) is 4.98 Å². The van der Waals surface area contributed by atoms with E-state index in [1.54, 1.807) is 0 Å². The quantitative estimate of drug-likeness (QED) is 0.479. The van der Waals surface area contributed by atoms with Crippen molar-refractivity contribution in [2.24, 2.45) is 0 Å². The maximum Gasteiger partial charge on any atom is 0.0166 e. The number of aromatic nitrogens is 1. The van der Waals surface area contributed by atoms with E-state index in [1.165, 1.54) is 27.8 Å². The van der Waals surface area contributed by atoms with Crippen LogP contribution in [0.25, 0.3) is 22.4 Å². The van der Waals surface area contributed by atoms with E-state index in [0.29, 0.717) is 0 Å². The first-order valence-electron chi connectivity index (χ1n) is 7.16. The van der Waals surface area contributed by atoms with Crippen LogP contribution < -0.4 is 0 Å². The number of hydrogen-bond acceptors (Lipinski definition) is 1. The Morgan fingerprint density at radius 3 is 2.27 bits per heavy atom. The molecule has 0 saturated carbocycles. The van der Waals surface area contributed by atoms with Gasteiger partial charge in [0, 0.05) is 26.3 Å². The fraction of sp³-hybridized carbons (Fsp3) is 0.150. The summed E-state index contributed by atoms with van der Waals surface area (Å²) in [5, 5.41) is 0. The molecule has 1 radical (unpaired) electrons. The van der Waals surface area contributed by atoms with Crippen LogP contribution in [-0.4, -0.2) is 4.98 Å². The first-order chi connectivity index (χ1) is 10.1. The minimum absolute atomic E-state index is 0. The Balaban J connectivity index is 0.00000176. The predicted molar refractivity (Wildman–Crippen MR) is 88.2 cm³/mol. The molecule has 0 saturated heterocycles. The van der Waals surface area contributed by atoms with Gasteiger partial charge < -0.3 is 4.98 Å².